The minimum Gasteiger partial charge on any atom is -0.397 e. The Balaban J connectivity index is 1.87. The van der Waals surface area contributed by atoms with E-state index in [0.29, 0.717) is 22.0 Å². The van der Waals surface area contributed by atoms with E-state index in [1.165, 1.54) is 11.3 Å². The van der Waals surface area contributed by atoms with Gasteiger partial charge in [-0.1, -0.05) is 25.4 Å². The third-order valence-electron chi connectivity index (χ3n) is 4.42. The van der Waals surface area contributed by atoms with Crippen LogP contribution in [0.15, 0.2) is 18.2 Å². The molecule has 1 saturated carbocycles. The summed E-state index contributed by atoms with van der Waals surface area (Å²) >= 11 is 7.31. The van der Waals surface area contributed by atoms with Gasteiger partial charge in [-0.05, 0) is 24.6 Å². The van der Waals surface area contributed by atoms with E-state index < -0.39 is 0 Å². The van der Waals surface area contributed by atoms with Gasteiger partial charge in [0.15, 0.2) is 0 Å². The molecule has 2 aromatic rings. The highest BCUT2D eigenvalue weighted by atomic mass is 35.5. The van der Waals surface area contributed by atoms with Crippen LogP contribution in [0.2, 0.25) is 5.02 Å². The van der Waals surface area contributed by atoms with Crippen molar-refractivity contribution in [3.63, 3.8) is 0 Å². The van der Waals surface area contributed by atoms with Crippen molar-refractivity contribution in [2.24, 2.45) is 5.41 Å². The Labute approximate surface area is 131 Å². The van der Waals surface area contributed by atoms with E-state index >= 15 is 0 Å². The average molecular weight is 325 g/mol. The Kier molecular flexibility index (Phi) is 3.39. The van der Waals surface area contributed by atoms with Crippen LogP contribution in [0.3, 0.4) is 0 Å². The van der Waals surface area contributed by atoms with Crippen molar-refractivity contribution >= 4 is 44.6 Å². The van der Waals surface area contributed by atoms with Crippen molar-refractivity contribution in [3.8, 4) is 0 Å². The van der Waals surface area contributed by atoms with Crippen molar-refractivity contribution in [2.45, 2.75) is 32.4 Å². The second-order valence-corrected chi connectivity index (χ2v) is 7.57. The third-order valence-corrected chi connectivity index (χ3v) is 5.82. The standard InChI is InChI=1S/C15H17ClN2O2S/c1-15(2)10(6-11(15)19)18-14(20)13-12(17)8-4-3-7(16)5-9(8)21-13/h3-5,10-11,19H,6,17H2,1-2H3,(H,18,20). The van der Waals surface area contributed by atoms with Crippen molar-refractivity contribution < 1.29 is 9.90 Å². The van der Waals surface area contributed by atoms with Gasteiger partial charge in [0, 0.05) is 26.6 Å². The van der Waals surface area contributed by atoms with E-state index in [0.717, 1.165) is 10.1 Å². The zero-order valence-electron chi connectivity index (χ0n) is 11.8. The molecule has 6 heteroatoms. The summed E-state index contributed by atoms with van der Waals surface area (Å²) in [6.45, 7) is 3.89. The number of amides is 1. The number of halogens is 1. The van der Waals surface area contributed by atoms with Crippen LogP contribution in [0.25, 0.3) is 10.1 Å². The number of rotatable bonds is 2. The number of aliphatic hydroxyl groups excluding tert-OH is 1. The largest absolute Gasteiger partial charge is 0.397 e. The summed E-state index contributed by atoms with van der Waals surface area (Å²) < 4.78 is 0.901. The number of benzene rings is 1. The Morgan fingerprint density at radius 3 is 2.86 bits per heavy atom. The predicted octanol–water partition coefficient (Wildman–Crippen LogP) is 3.03. The smallest absolute Gasteiger partial charge is 0.263 e. The fourth-order valence-corrected chi connectivity index (χ4v) is 3.93. The first-order valence-electron chi connectivity index (χ1n) is 6.77. The summed E-state index contributed by atoms with van der Waals surface area (Å²) in [5.41, 5.74) is 6.26. The van der Waals surface area contributed by atoms with Crippen LogP contribution in [0.4, 0.5) is 5.69 Å². The van der Waals surface area contributed by atoms with Crippen LogP contribution in [0, 0.1) is 5.41 Å². The van der Waals surface area contributed by atoms with Gasteiger partial charge in [0.1, 0.15) is 4.88 Å². The molecule has 1 fully saturated rings. The highest BCUT2D eigenvalue weighted by molar-refractivity contribution is 7.21. The fraction of sp³-hybridized carbons (Fsp3) is 0.400. The molecule has 1 aliphatic carbocycles. The number of anilines is 1. The molecule has 1 aromatic carbocycles. The van der Waals surface area contributed by atoms with Gasteiger partial charge in [0.25, 0.3) is 5.91 Å². The summed E-state index contributed by atoms with van der Waals surface area (Å²) in [4.78, 5) is 12.9. The van der Waals surface area contributed by atoms with E-state index in [4.69, 9.17) is 17.3 Å². The number of hydrogen-bond donors (Lipinski definition) is 3. The molecule has 0 aliphatic heterocycles. The number of carbonyl (C=O) groups excluding carboxylic acids is 1. The normalized spacial score (nSPS) is 23.8. The van der Waals surface area contributed by atoms with Crippen LogP contribution in [0.5, 0.6) is 0 Å². The third kappa shape index (κ3) is 2.29. The second-order valence-electron chi connectivity index (χ2n) is 6.08. The first-order valence-corrected chi connectivity index (χ1v) is 7.96. The second kappa shape index (κ2) is 4.87. The monoisotopic (exact) mass is 324 g/mol. The van der Waals surface area contributed by atoms with Gasteiger partial charge in [0.05, 0.1) is 11.8 Å². The summed E-state index contributed by atoms with van der Waals surface area (Å²) in [6, 6.07) is 5.37. The molecule has 2 unspecified atom stereocenters. The van der Waals surface area contributed by atoms with E-state index in [1.807, 2.05) is 26.0 Å². The maximum Gasteiger partial charge on any atom is 0.263 e. The van der Waals surface area contributed by atoms with Gasteiger partial charge in [-0.15, -0.1) is 11.3 Å². The molecule has 0 spiro atoms. The van der Waals surface area contributed by atoms with Crippen molar-refractivity contribution in [3.05, 3.63) is 28.1 Å². The van der Waals surface area contributed by atoms with Crippen LogP contribution in [-0.4, -0.2) is 23.2 Å². The van der Waals surface area contributed by atoms with Crippen molar-refractivity contribution in [1.82, 2.24) is 5.32 Å². The molecule has 0 radical (unpaired) electrons. The highest BCUT2D eigenvalue weighted by Crippen LogP contribution is 2.41. The topological polar surface area (TPSA) is 75.3 Å². The number of hydrogen-bond acceptors (Lipinski definition) is 4. The Morgan fingerprint density at radius 2 is 2.24 bits per heavy atom. The summed E-state index contributed by atoms with van der Waals surface area (Å²) in [6.07, 6.45) is 0.205. The molecule has 112 valence electrons. The Bertz CT molecular complexity index is 726. The van der Waals surface area contributed by atoms with Crippen LogP contribution in [-0.2, 0) is 0 Å². The van der Waals surface area contributed by atoms with E-state index in [2.05, 4.69) is 5.32 Å². The maximum atomic E-state index is 12.4. The molecule has 1 aromatic heterocycles. The van der Waals surface area contributed by atoms with Gasteiger partial charge >= 0.3 is 0 Å². The van der Waals surface area contributed by atoms with Gasteiger partial charge < -0.3 is 16.2 Å². The highest BCUT2D eigenvalue weighted by Gasteiger charge is 2.48. The Morgan fingerprint density at radius 1 is 1.52 bits per heavy atom. The predicted molar refractivity (Wildman–Crippen MR) is 86.9 cm³/mol. The van der Waals surface area contributed by atoms with Crippen LogP contribution in [0.1, 0.15) is 29.9 Å². The minimum atomic E-state index is -0.374. The van der Waals surface area contributed by atoms with E-state index in [1.54, 1.807) is 6.07 Å². The van der Waals surface area contributed by atoms with Gasteiger partial charge in [-0.3, -0.25) is 4.79 Å². The number of nitrogens with two attached hydrogens (primary N) is 1. The lowest BCUT2D eigenvalue weighted by atomic mass is 9.64. The fourth-order valence-electron chi connectivity index (χ4n) is 2.63. The zero-order valence-corrected chi connectivity index (χ0v) is 13.4. The molecule has 0 saturated heterocycles. The zero-order chi connectivity index (χ0) is 15.4. The van der Waals surface area contributed by atoms with Crippen molar-refractivity contribution in [1.29, 1.82) is 0 Å². The minimum absolute atomic E-state index is 0.0341. The van der Waals surface area contributed by atoms with Crippen LogP contribution < -0.4 is 11.1 Å². The van der Waals surface area contributed by atoms with Gasteiger partial charge in [-0.2, -0.15) is 0 Å². The number of nitrogen functional groups attached to an aromatic ring is 1. The number of fused-ring (bicyclic) bond motifs is 1. The SMILES string of the molecule is CC1(C)C(O)CC1NC(=O)c1sc2cc(Cl)ccc2c1N. The molecule has 3 rings (SSSR count). The lowest BCUT2D eigenvalue weighted by Crippen LogP contribution is -2.61. The quantitative estimate of drug-likeness (QED) is 0.794. The first kappa shape index (κ1) is 14.6. The molecule has 4 N–H and O–H groups in total. The molecule has 1 aliphatic rings. The average Bonchev–Trinajstić information content (AvgIpc) is 2.75. The summed E-state index contributed by atoms with van der Waals surface area (Å²) in [5, 5.41) is 14.2. The van der Waals surface area contributed by atoms with Gasteiger partial charge in [0.2, 0.25) is 0 Å². The van der Waals surface area contributed by atoms with E-state index in [-0.39, 0.29) is 23.5 Å². The lowest BCUT2D eigenvalue weighted by molar-refractivity contribution is -0.0689. The molecular formula is C15H17ClN2O2S. The lowest BCUT2D eigenvalue weighted by Gasteiger charge is -2.49. The summed E-state index contributed by atoms with van der Waals surface area (Å²) in [5.74, 6) is -0.185. The molecule has 2 atom stereocenters. The number of aliphatic hydroxyl groups is 1. The molecule has 0 bridgehead atoms. The molecule has 1 heterocycles. The van der Waals surface area contributed by atoms with Gasteiger partial charge in [-0.25, -0.2) is 0 Å². The molecule has 4 nitrogen and oxygen atoms in total. The number of carbonyl (C=O) groups is 1. The van der Waals surface area contributed by atoms with Crippen LogP contribution >= 0.6 is 22.9 Å². The molecular weight excluding hydrogens is 308 g/mol. The molecule has 1 amide bonds. The number of nitrogens with one attached hydrogen (secondary N) is 1. The molecule has 21 heavy (non-hydrogen) atoms. The van der Waals surface area contributed by atoms with E-state index in [9.17, 15) is 9.90 Å². The van der Waals surface area contributed by atoms with Crippen molar-refractivity contribution in [2.75, 3.05) is 5.73 Å². The summed E-state index contributed by atoms with van der Waals surface area (Å²) in [7, 11) is 0. The maximum absolute atomic E-state index is 12.4. The Hall–Kier alpha value is -1.30. The first-order chi connectivity index (χ1) is 9.80. The number of thiophene rings is 1.